The maximum atomic E-state index is 13.0. The predicted octanol–water partition coefficient (Wildman–Crippen LogP) is 4.50. The minimum atomic E-state index is -0.234. The van der Waals surface area contributed by atoms with Crippen molar-refractivity contribution < 1.29 is 4.39 Å². The van der Waals surface area contributed by atoms with Gasteiger partial charge >= 0.3 is 0 Å². The molecule has 0 amide bonds. The molecule has 0 aliphatic heterocycles. The van der Waals surface area contributed by atoms with Crippen LogP contribution in [-0.2, 0) is 20.3 Å². The summed E-state index contributed by atoms with van der Waals surface area (Å²) in [5.74, 6) is 0.494. The van der Waals surface area contributed by atoms with Gasteiger partial charge in [0, 0.05) is 19.2 Å². The number of aromatic nitrogens is 3. The van der Waals surface area contributed by atoms with Crippen LogP contribution in [0.3, 0.4) is 0 Å². The first-order chi connectivity index (χ1) is 12.0. The molecule has 3 rings (SSSR count). The lowest BCUT2D eigenvalue weighted by molar-refractivity contribution is 0.244. The highest BCUT2D eigenvalue weighted by atomic mass is 35.5. The lowest BCUT2D eigenvalue weighted by Gasteiger charge is -2.16. The molecule has 25 heavy (non-hydrogen) atoms. The third kappa shape index (κ3) is 3.98. The Balaban J connectivity index is 1.81. The minimum Gasteiger partial charge on any atom is -0.303 e. The fourth-order valence-electron chi connectivity index (χ4n) is 2.64. The summed E-state index contributed by atoms with van der Waals surface area (Å²) in [7, 11) is 3.85. The quantitative estimate of drug-likeness (QED) is 0.613. The van der Waals surface area contributed by atoms with Crippen molar-refractivity contribution in [3.63, 3.8) is 0 Å². The van der Waals surface area contributed by atoms with Crippen LogP contribution in [0.4, 0.5) is 4.39 Å². The molecule has 0 unspecified atom stereocenters. The lowest BCUT2D eigenvalue weighted by Crippen LogP contribution is -2.22. The topological polar surface area (TPSA) is 26.0 Å². The zero-order chi connectivity index (χ0) is 18.0. The van der Waals surface area contributed by atoms with Gasteiger partial charge < -0.3 is 4.57 Å². The minimum absolute atomic E-state index is 0.234. The Kier molecular flexibility index (Phi) is 5.32. The van der Waals surface area contributed by atoms with Crippen LogP contribution in [-0.4, -0.2) is 26.3 Å². The van der Waals surface area contributed by atoms with Crippen LogP contribution in [0.2, 0.25) is 5.02 Å². The molecule has 0 aliphatic carbocycles. The maximum absolute atomic E-state index is 13.0. The number of hydrogen-bond acceptors (Lipinski definition) is 3. The molecule has 2 aromatic carbocycles. The first kappa shape index (κ1) is 17.8. The number of halogens is 2. The van der Waals surface area contributed by atoms with Crippen LogP contribution < -0.4 is 0 Å². The zero-order valence-corrected chi connectivity index (χ0v) is 15.6. The SMILES string of the molecule is CN(Cc1ccc(F)cc1)Cn1nc(-c2ccccc2Cl)n(C)c1=S. The highest BCUT2D eigenvalue weighted by Gasteiger charge is 2.13. The summed E-state index contributed by atoms with van der Waals surface area (Å²) in [5, 5.41) is 5.26. The zero-order valence-electron chi connectivity index (χ0n) is 14.0. The van der Waals surface area contributed by atoms with E-state index in [1.165, 1.54) is 12.1 Å². The summed E-state index contributed by atoms with van der Waals surface area (Å²) in [6.45, 7) is 1.19. The maximum Gasteiger partial charge on any atom is 0.199 e. The van der Waals surface area contributed by atoms with Gasteiger partial charge in [0.2, 0.25) is 0 Å². The van der Waals surface area contributed by atoms with Gasteiger partial charge in [0.25, 0.3) is 0 Å². The molecular weight excluding hydrogens is 359 g/mol. The first-order valence-corrected chi connectivity index (χ1v) is 8.56. The van der Waals surface area contributed by atoms with Gasteiger partial charge in [0.15, 0.2) is 10.6 Å². The van der Waals surface area contributed by atoms with E-state index in [9.17, 15) is 4.39 Å². The fraction of sp³-hybridized carbons (Fsp3) is 0.222. The molecule has 0 N–H and O–H groups in total. The van der Waals surface area contributed by atoms with E-state index < -0.39 is 0 Å². The van der Waals surface area contributed by atoms with Gasteiger partial charge in [-0.2, -0.15) is 5.10 Å². The molecular formula is C18H18ClFN4S. The molecule has 0 saturated carbocycles. The monoisotopic (exact) mass is 376 g/mol. The Hall–Kier alpha value is -2.02. The van der Waals surface area contributed by atoms with Crippen molar-refractivity contribution in [2.24, 2.45) is 7.05 Å². The van der Waals surface area contributed by atoms with Crippen molar-refractivity contribution in [3.8, 4) is 11.4 Å². The van der Waals surface area contributed by atoms with Crippen LogP contribution in [0.5, 0.6) is 0 Å². The van der Waals surface area contributed by atoms with E-state index in [-0.39, 0.29) is 5.82 Å². The second-order valence-corrected chi connectivity index (χ2v) is 6.70. The summed E-state index contributed by atoms with van der Waals surface area (Å²) in [4.78, 5) is 2.06. The van der Waals surface area contributed by atoms with E-state index in [1.807, 2.05) is 42.9 Å². The van der Waals surface area contributed by atoms with E-state index in [1.54, 1.807) is 16.8 Å². The molecule has 1 aromatic heterocycles. The lowest BCUT2D eigenvalue weighted by atomic mass is 10.2. The highest BCUT2D eigenvalue weighted by molar-refractivity contribution is 7.71. The Labute approximate surface area is 156 Å². The van der Waals surface area contributed by atoms with Crippen molar-refractivity contribution in [3.05, 3.63) is 69.7 Å². The first-order valence-electron chi connectivity index (χ1n) is 7.77. The molecule has 0 atom stereocenters. The van der Waals surface area contributed by atoms with Gasteiger partial charge in [-0.3, -0.25) is 4.90 Å². The van der Waals surface area contributed by atoms with Gasteiger partial charge in [-0.25, -0.2) is 9.07 Å². The molecule has 130 valence electrons. The fourth-order valence-corrected chi connectivity index (χ4v) is 3.04. The summed E-state index contributed by atoms with van der Waals surface area (Å²) < 4.78 is 17.2. The van der Waals surface area contributed by atoms with Gasteiger partial charge in [-0.1, -0.05) is 35.9 Å². The van der Waals surface area contributed by atoms with Crippen LogP contribution >= 0.6 is 23.8 Å². The molecule has 0 aliphatic rings. The molecule has 0 radical (unpaired) electrons. The molecule has 0 fully saturated rings. The van der Waals surface area contributed by atoms with Gasteiger partial charge in [0.05, 0.1) is 11.7 Å². The van der Waals surface area contributed by atoms with Crippen molar-refractivity contribution in [1.29, 1.82) is 0 Å². The number of benzene rings is 2. The molecule has 0 saturated heterocycles. The Bertz CT molecular complexity index is 933. The molecule has 0 bridgehead atoms. The number of hydrogen-bond donors (Lipinski definition) is 0. The van der Waals surface area contributed by atoms with Crippen LogP contribution in [0.15, 0.2) is 48.5 Å². The smallest absolute Gasteiger partial charge is 0.199 e. The van der Waals surface area contributed by atoms with E-state index in [0.717, 1.165) is 17.0 Å². The van der Waals surface area contributed by atoms with E-state index in [2.05, 4.69) is 10.00 Å². The number of nitrogens with zero attached hydrogens (tertiary/aromatic N) is 4. The summed E-state index contributed by atoms with van der Waals surface area (Å²) in [6.07, 6.45) is 0. The van der Waals surface area contributed by atoms with Crippen LogP contribution in [0.25, 0.3) is 11.4 Å². The number of rotatable bonds is 5. The molecule has 3 aromatic rings. The van der Waals surface area contributed by atoms with Crippen molar-refractivity contribution in [2.45, 2.75) is 13.2 Å². The van der Waals surface area contributed by atoms with Crippen LogP contribution in [0, 0.1) is 10.6 Å². The van der Waals surface area contributed by atoms with E-state index in [4.69, 9.17) is 23.8 Å². The third-order valence-corrected chi connectivity index (χ3v) is 4.71. The van der Waals surface area contributed by atoms with Crippen molar-refractivity contribution >= 4 is 23.8 Å². The molecule has 1 heterocycles. The predicted molar refractivity (Wildman–Crippen MR) is 100 cm³/mol. The Morgan fingerprint density at radius 2 is 1.84 bits per heavy atom. The van der Waals surface area contributed by atoms with Crippen LogP contribution in [0.1, 0.15) is 5.56 Å². The van der Waals surface area contributed by atoms with Gasteiger partial charge in [0.1, 0.15) is 5.82 Å². The average Bonchev–Trinajstić information content (AvgIpc) is 2.86. The van der Waals surface area contributed by atoms with Crippen molar-refractivity contribution in [2.75, 3.05) is 7.05 Å². The second kappa shape index (κ2) is 7.47. The summed E-state index contributed by atoms with van der Waals surface area (Å²) in [5.41, 5.74) is 1.87. The van der Waals surface area contributed by atoms with Gasteiger partial charge in [-0.15, -0.1) is 0 Å². The average molecular weight is 377 g/mol. The van der Waals surface area contributed by atoms with E-state index in [0.29, 0.717) is 23.0 Å². The Morgan fingerprint density at radius 1 is 1.16 bits per heavy atom. The van der Waals surface area contributed by atoms with E-state index >= 15 is 0 Å². The molecule has 0 spiro atoms. The molecule has 4 nitrogen and oxygen atoms in total. The standard InChI is InChI=1S/C18H18ClFN4S/c1-22(11-13-7-9-14(20)10-8-13)12-24-18(25)23(2)17(21-24)15-5-3-4-6-16(15)19/h3-10H,11-12H2,1-2H3. The summed E-state index contributed by atoms with van der Waals surface area (Å²) >= 11 is 11.8. The van der Waals surface area contributed by atoms with Crippen molar-refractivity contribution in [1.82, 2.24) is 19.2 Å². The Morgan fingerprint density at radius 3 is 2.52 bits per heavy atom. The normalized spacial score (nSPS) is 11.2. The largest absolute Gasteiger partial charge is 0.303 e. The highest BCUT2D eigenvalue weighted by Crippen LogP contribution is 2.26. The second-order valence-electron chi connectivity index (χ2n) is 5.93. The van der Waals surface area contributed by atoms with Gasteiger partial charge in [-0.05, 0) is 49.1 Å². The molecule has 7 heteroatoms. The third-order valence-electron chi connectivity index (χ3n) is 3.90. The summed E-state index contributed by atoms with van der Waals surface area (Å²) in [6, 6.07) is 14.0.